The molecule has 9 heteroatoms. The number of aromatic nitrogens is 5. The predicted octanol–water partition coefficient (Wildman–Crippen LogP) is 2.59. The van der Waals surface area contributed by atoms with Crippen LogP contribution in [0.5, 0.6) is 5.75 Å². The molecule has 0 amide bonds. The Labute approximate surface area is 167 Å². The Kier molecular flexibility index (Phi) is 4.94. The van der Waals surface area contributed by atoms with Gasteiger partial charge in [-0.25, -0.2) is 9.97 Å². The molecule has 0 saturated carbocycles. The van der Waals surface area contributed by atoms with E-state index in [4.69, 9.17) is 0 Å². The van der Waals surface area contributed by atoms with Crippen molar-refractivity contribution in [1.82, 2.24) is 29.9 Å². The molecule has 0 aliphatic carbocycles. The second-order valence-corrected chi connectivity index (χ2v) is 8.55. The highest BCUT2D eigenvalue weighted by Gasteiger charge is 2.30. The van der Waals surface area contributed by atoms with E-state index >= 15 is 0 Å². The second kappa shape index (κ2) is 7.40. The molecule has 0 bridgehead atoms. The summed E-state index contributed by atoms with van der Waals surface area (Å²) in [6.45, 7) is 9.25. The van der Waals surface area contributed by atoms with Gasteiger partial charge in [0.1, 0.15) is 17.0 Å². The molecule has 1 saturated heterocycles. The highest BCUT2D eigenvalue weighted by atomic mass is 32.1. The first-order chi connectivity index (χ1) is 13.4. The molecule has 1 aromatic carbocycles. The van der Waals surface area contributed by atoms with E-state index in [0.717, 1.165) is 25.2 Å². The van der Waals surface area contributed by atoms with Gasteiger partial charge in [-0.1, -0.05) is 26.8 Å². The van der Waals surface area contributed by atoms with Crippen molar-refractivity contribution in [3.05, 3.63) is 29.9 Å². The van der Waals surface area contributed by atoms with Crippen molar-refractivity contribution >= 4 is 17.5 Å². The number of phenols is 1. The van der Waals surface area contributed by atoms with E-state index < -0.39 is 0 Å². The first-order valence-corrected chi connectivity index (χ1v) is 10.0. The van der Waals surface area contributed by atoms with Crippen LogP contribution in [0.2, 0.25) is 0 Å². The molecule has 0 radical (unpaired) electrons. The molecule has 28 heavy (non-hydrogen) atoms. The number of piperazine rings is 1. The number of nitrogens with one attached hydrogen (secondary N) is 1. The Morgan fingerprint density at radius 2 is 2.07 bits per heavy atom. The van der Waals surface area contributed by atoms with Crippen LogP contribution >= 0.6 is 11.5 Å². The minimum atomic E-state index is 0.103. The lowest BCUT2D eigenvalue weighted by molar-refractivity contribution is 0.252. The lowest BCUT2D eigenvalue weighted by atomic mass is 9.85. The lowest BCUT2D eigenvalue weighted by Crippen LogP contribution is -2.56. The molecule has 8 nitrogen and oxygen atoms in total. The number of rotatable bonds is 3. The van der Waals surface area contributed by atoms with Crippen LogP contribution in [0.1, 0.15) is 20.8 Å². The van der Waals surface area contributed by atoms with E-state index in [-0.39, 0.29) is 11.2 Å². The molecule has 2 aromatic heterocycles. The van der Waals surface area contributed by atoms with E-state index in [1.54, 1.807) is 23.8 Å². The van der Waals surface area contributed by atoms with Gasteiger partial charge in [-0.2, -0.15) is 4.37 Å². The van der Waals surface area contributed by atoms with Gasteiger partial charge in [0.15, 0.2) is 5.82 Å². The van der Waals surface area contributed by atoms with Gasteiger partial charge in [0, 0.05) is 36.8 Å². The number of hydrogen-bond donors (Lipinski definition) is 2. The molecular weight excluding hydrogens is 374 g/mol. The van der Waals surface area contributed by atoms with Crippen molar-refractivity contribution in [2.75, 3.05) is 24.5 Å². The van der Waals surface area contributed by atoms with Gasteiger partial charge in [-0.15, -0.1) is 10.2 Å². The van der Waals surface area contributed by atoms with Crippen LogP contribution in [-0.4, -0.2) is 55.3 Å². The van der Waals surface area contributed by atoms with Crippen LogP contribution in [0.15, 0.2) is 29.9 Å². The molecule has 1 fully saturated rings. The summed E-state index contributed by atoms with van der Waals surface area (Å²) in [6.07, 6.45) is 1.66. The smallest absolute Gasteiger partial charge is 0.245 e. The van der Waals surface area contributed by atoms with Gasteiger partial charge in [-0.3, -0.25) is 0 Å². The quantitative estimate of drug-likeness (QED) is 0.696. The Morgan fingerprint density at radius 3 is 2.71 bits per heavy atom. The number of hydrogen-bond acceptors (Lipinski definition) is 9. The van der Waals surface area contributed by atoms with E-state index in [2.05, 4.69) is 55.5 Å². The largest absolute Gasteiger partial charge is 0.507 e. The zero-order valence-electron chi connectivity index (χ0n) is 16.1. The fraction of sp³-hybridized carbons (Fsp3) is 0.421. The molecule has 146 valence electrons. The summed E-state index contributed by atoms with van der Waals surface area (Å²) in [5, 5.41) is 22.6. The molecule has 0 spiro atoms. The van der Waals surface area contributed by atoms with Gasteiger partial charge in [0.25, 0.3) is 0 Å². The molecule has 1 aliphatic rings. The number of phenolic OH excluding ortho intramolecular Hbond substituents is 1. The molecule has 1 aliphatic heterocycles. The van der Waals surface area contributed by atoms with Gasteiger partial charge in [-0.05, 0) is 29.1 Å². The standard InChI is InChI=1S/C19H23N7OS/c1-19(2,3)16-10-26(7-6-20-16)18-21-9-14(23-24-18)13-5-4-12(8-15(13)27)17-22-11-28-25-17/h4-5,8-9,11,16,20,27H,6-7,10H2,1-3H3/t16-/m1/s1. The Morgan fingerprint density at radius 1 is 1.21 bits per heavy atom. The molecule has 1 atom stereocenters. The summed E-state index contributed by atoms with van der Waals surface area (Å²) in [6, 6.07) is 5.64. The van der Waals surface area contributed by atoms with Gasteiger partial charge >= 0.3 is 0 Å². The van der Waals surface area contributed by atoms with Gasteiger partial charge in [0.05, 0.1) is 6.20 Å². The maximum absolute atomic E-state index is 10.4. The summed E-state index contributed by atoms with van der Waals surface area (Å²) in [5.41, 5.74) is 3.69. The second-order valence-electron chi connectivity index (χ2n) is 7.95. The zero-order chi connectivity index (χ0) is 19.7. The van der Waals surface area contributed by atoms with Crippen molar-refractivity contribution in [2.24, 2.45) is 5.41 Å². The minimum absolute atomic E-state index is 0.103. The fourth-order valence-corrected chi connectivity index (χ4v) is 3.68. The maximum Gasteiger partial charge on any atom is 0.245 e. The van der Waals surface area contributed by atoms with Crippen molar-refractivity contribution < 1.29 is 5.11 Å². The van der Waals surface area contributed by atoms with Gasteiger partial charge < -0.3 is 15.3 Å². The van der Waals surface area contributed by atoms with Crippen LogP contribution in [0.4, 0.5) is 5.95 Å². The average Bonchev–Trinajstić information content (AvgIpc) is 3.22. The third kappa shape index (κ3) is 3.81. The third-order valence-electron chi connectivity index (χ3n) is 4.95. The Hall–Kier alpha value is -2.65. The lowest BCUT2D eigenvalue weighted by Gasteiger charge is -2.40. The molecule has 4 rings (SSSR count). The summed E-state index contributed by atoms with van der Waals surface area (Å²) in [4.78, 5) is 10.8. The number of anilines is 1. The van der Waals surface area contributed by atoms with E-state index in [1.807, 2.05) is 6.07 Å². The van der Waals surface area contributed by atoms with Crippen molar-refractivity contribution in [3.8, 4) is 28.4 Å². The Bertz CT molecular complexity index is 938. The summed E-state index contributed by atoms with van der Waals surface area (Å²) in [7, 11) is 0. The molecule has 2 N–H and O–H groups in total. The topological polar surface area (TPSA) is 100.0 Å². The minimum Gasteiger partial charge on any atom is -0.507 e. The van der Waals surface area contributed by atoms with E-state index in [9.17, 15) is 5.11 Å². The van der Waals surface area contributed by atoms with Gasteiger partial charge in [0.2, 0.25) is 5.95 Å². The molecule has 0 unspecified atom stereocenters. The number of nitrogens with zero attached hydrogens (tertiary/aromatic N) is 6. The summed E-state index contributed by atoms with van der Waals surface area (Å²) in [5.74, 6) is 1.31. The van der Waals surface area contributed by atoms with Crippen LogP contribution in [0, 0.1) is 5.41 Å². The molecule has 3 heterocycles. The zero-order valence-corrected chi connectivity index (χ0v) is 16.9. The van der Waals surface area contributed by atoms with E-state index in [1.165, 1.54) is 11.5 Å². The predicted molar refractivity (Wildman–Crippen MR) is 109 cm³/mol. The first kappa shape index (κ1) is 18.7. The van der Waals surface area contributed by atoms with Crippen molar-refractivity contribution in [1.29, 1.82) is 0 Å². The fourth-order valence-electron chi connectivity index (χ4n) is 3.23. The van der Waals surface area contributed by atoms with Crippen LogP contribution in [0.25, 0.3) is 22.6 Å². The average molecular weight is 398 g/mol. The highest BCUT2D eigenvalue weighted by molar-refractivity contribution is 7.03. The van der Waals surface area contributed by atoms with Crippen LogP contribution in [0.3, 0.4) is 0 Å². The normalized spacial score (nSPS) is 17.7. The van der Waals surface area contributed by atoms with Crippen LogP contribution in [-0.2, 0) is 0 Å². The number of aromatic hydroxyl groups is 1. The SMILES string of the molecule is CC(C)(C)[C@H]1CN(c2ncc(-c3ccc(-c4ncsn4)cc3O)nn2)CCN1. The number of benzene rings is 1. The van der Waals surface area contributed by atoms with E-state index in [0.29, 0.717) is 29.1 Å². The Balaban J connectivity index is 1.53. The highest BCUT2D eigenvalue weighted by Crippen LogP contribution is 2.31. The molecular formula is C19H23N7OS. The summed E-state index contributed by atoms with van der Waals surface area (Å²) >= 11 is 1.27. The monoisotopic (exact) mass is 397 g/mol. The van der Waals surface area contributed by atoms with Crippen molar-refractivity contribution in [3.63, 3.8) is 0 Å². The maximum atomic E-state index is 10.4. The van der Waals surface area contributed by atoms with Crippen molar-refractivity contribution in [2.45, 2.75) is 26.8 Å². The molecule has 3 aromatic rings. The summed E-state index contributed by atoms with van der Waals surface area (Å²) < 4.78 is 4.19. The first-order valence-electron chi connectivity index (χ1n) is 9.20. The third-order valence-corrected chi connectivity index (χ3v) is 5.42. The van der Waals surface area contributed by atoms with Crippen LogP contribution < -0.4 is 10.2 Å².